The van der Waals surface area contributed by atoms with Gasteiger partial charge in [0.25, 0.3) is 5.69 Å². The number of rotatable bonds is 2. The molecular formula is C15H15N3O3S. The Morgan fingerprint density at radius 2 is 2.09 bits per heavy atom. The van der Waals surface area contributed by atoms with E-state index in [-0.39, 0.29) is 22.9 Å². The van der Waals surface area contributed by atoms with Gasteiger partial charge in [0.15, 0.2) is 0 Å². The molecule has 1 aliphatic carbocycles. The number of carbonyl (C=O) groups excluding carboxylic acids is 1. The van der Waals surface area contributed by atoms with Gasteiger partial charge in [-0.3, -0.25) is 20.2 Å². The zero-order valence-corrected chi connectivity index (χ0v) is 12.6. The van der Waals surface area contributed by atoms with E-state index in [1.54, 1.807) is 30.0 Å². The average Bonchev–Trinajstić information content (AvgIpc) is 3.07. The predicted molar refractivity (Wildman–Crippen MR) is 82.9 cm³/mol. The maximum Gasteiger partial charge on any atom is 0.276 e. The molecule has 2 heterocycles. The van der Waals surface area contributed by atoms with E-state index in [1.165, 1.54) is 16.5 Å². The molecule has 0 bridgehead atoms. The van der Waals surface area contributed by atoms with Crippen LogP contribution in [0.4, 0.5) is 5.69 Å². The van der Waals surface area contributed by atoms with E-state index in [9.17, 15) is 14.9 Å². The van der Waals surface area contributed by atoms with E-state index < -0.39 is 11.1 Å². The van der Waals surface area contributed by atoms with Crippen molar-refractivity contribution in [3.05, 3.63) is 50.4 Å². The highest BCUT2D eigenvalue weighted by atomic mass is 32.2. The standard InChI is InChI=1S/C15H15N3O3S/c19-14-12-9-5-3-7-11(9)22-15(12)17-13(16-14)8-4-1-2-6-10(8)18(20)21/h1-2,4,6,12-13,15,17H,3,5,7H2,(H,16,19). The van der Waals surface area contributed by atoms with Crippen LogP contribution in [0.15, 0.2) is 34.7 Å². The molecule has 0 radical (unpaired) electrons. The maximum atomic E-state index is 12.5. The first-order valence-corrected chi connectivity index (χ1v) is 8.21. The van der Waals surface area contributed by atoms with Crippen LogP contribution in [0.3, 0.4) is 0 Å². The number of benzene rings is 1. The quantitative estimate of drug-likeness (QED) is 0.646. The minimum atomic E-state index is -0.511. The summed E-state index contributed by atoms with van der Waals surface area (Å²) < 4.78 is 0. The van der Waals surface area contributed by atoms with Crippen LogP contribution in [0.5, 0.6) is 0 Å². The van der Waals surface area contributed by atoms with Gasteiger partial charge in [-0.25, -0.2) is 0 Å². The number of hydrogen-bond acceptors (Lipinski definition) is 5. The van der Waals surface area contributed by atoms with Crippen LogP contribution in [0, 0.1) is 16.0 Å². The van der Waals surface area contributed by atoms with Crippen molar-refractivity contribution in [2.24, 2.45) is 5.92 Å². The van der Waals surface area contributed by atoms with Gasteiger partial charge in [0, 0.05) is 6.07 Å². The molecule has 2 aliphatic heterocycles. The first-order chi connectivity index (χ1) is 10.6. The summed E-state index contributed by atoms with van der Waals surface area (Å²) in [5.41, 5.74) is 1.80. The Bertz CT molecular complexity index is 703. The molecule has 22 heavy (non-hydrogen) atoms. The van der Waals surface area contributed by atoms with Gasteiger partial charge in [-0.05, 0) is 35.8 Å². The number of amides is 1. The summed E-state index contributed by atoms with van der Waals surface area (Å²) in [6.45, 7) is 0. The van der Waals surface area contributed by atoms with Crippen LogP contribution < -0.4 is 10.6 Å². The molecule has 1 fully saturated rings. The van der Waals surface area contributed by atoms with Crippen molar-refractivity contribution >= 4 is 23.4 Å². The van der Waals surface area contributed by atoms with Gasteiger partial charge < -0.3 is 5.32 Å². The third-order valence-corrected chi connectivity index (χ3v) is 5.91. The Balaban J connectivity index is 1.63. The lowest BCUT2D eigenvalue weighted by Crippen LogP contribution is -2.54. The molecule has 0 saturated carbocycles. The second-order valence-electron chi connectivity index (χ2n) is 5.74. The topological polar surface area (TPSA) is 84.3 Å². The third-order valence-electron chi connectivity index (χ3n) is 4.50. The number of nitrogens with zero attached hydrogens (tertiary/aromatic N) is 1. The van der Waals surface area contributed by atoms with Gasteiger partial charge >= 0.3 is 0 Å². The summed E-state index contributed by atoms with van der Waals surface area (Å²) in [5, 5.41) is 17.5. The van der Waals surface area contributed by atoms with Crippen LogP contribution in [0.1, 0.15) is 31.0 Å². The van der Waals surface area contributed by atoms with Crippen LogP contribution in [-0.2, 0) is 4.79 Å². The molecular weight excluding hydrogens is 302 g/mol. The molecule has 2 N–H and O–H groups in total. The SMILES string of the molecule is O=C1NC(c2ccccc2[N+](=O)[O-])NC2SC3=C(CCC3)C12. The number of nitro groups is 1. The average molecular weight is 317 g/mol. The summed E-state index contributed by atoms with van der Waals surface area (Å²) in [7, 11) is 0. The van der Waals surface area contributed by atoms with Gasteiger partial charge in [0.2, 0.25) is 5.91 Å². The lowest BCUT2D eigenvalue weighted by molar-refractivity contribution is -0.385. The summed E-state index contributed by atoms with van der Waals surface area (Å²) >= 11 is 1.72. The fourth-order valence-corrected chi connectivity index (χ4v) is 5.11. The molecule has 0 spiro atoms. The molecule has 6 nitrogen and oxygen atoms in total. The number of nitrogens with one attached hydrogen (secondary N) is 2. The minimum Gasteiger partial charge on any atom is -0.336 e. The lowest BCUT2D eigenvalue weighted by atomic mass is 9.94. The molecule has 3 atom stereocenters. The van der Waals surface area contributed by atoms with Crippen molar-refractivity contribution in [3.63, 3.8) is 0 Å². The highest BCUT2D eigenvalue weighted by Gasteiger charge is 2.46. The summed E-state index contributed by atoms with van der Waals surface area (Å²) in [6, 6.07) is 6.55. The van der Waals surface area contributed by atoms with Gasteiger partial charge in [-0.2, -0.15) is 0 Å². The van der Waals surface area contributed by atoms with Crippen LogP contribution in [0.25, 0.3) is 0 Å². The number of thioether (sulfide) groups is 1. The van der Waals surface area contributed by atoms with Crippen molar-refractivity contribution in [3.8, 4) is 0 Å². The normalized spacial score (nSPS) is 30.0. The fourth-order valence-electron chi connectivity index (χ4n) is 3.54. The van der Waals surface area contributed by atoms with Crippen molar-refractivity contribution in [2.75, 3.05) is 0 Å². The van der Waals surface area contributed by atoms with Crippen molar-refractivity contribution in [1.29, 1.82) is 0 Å². The molecule has 1 saturated heterocycles. The van der Waals surface area contributed by atoms with Crippen molar-refractivity contribution in [2.45, 2.75) is 30.8 Å². The minimum absolute atomic E-state index is 0.0103. The molecule has 1 aromatic rings. The van der Waals surface area contributed by atoms with E-state index in [2.05, 4.69) is 10.6 Å². The summed E-state index contributed by atoms with van der Waals surface area (Å²) in [6.07, 6.45) is 2.66. The fraction of sp³-hybridized carbons (Fsp3) is 0.400. The molecule has 7 heteroatoms. The van der Waals surface area contributed by atoms with Gasteiger partial charge in [-0.15, -0.1) is 11.8 Å². The number of hydrogen-bond donors (Lipinski definition) is 2. The number of fused-ring (bicyclic) bond motifs is 2. The zero-order chi connectivity index (χ0) is 15.3. The van der Waals surface area contributed by atoms with Crippen molar-refractivity contribution in [1.82, 2.24) is 10.6 Å². The predicted octanol–water partition coefficient (Wildman–Crippen LogP) is 2.44. The van der Waals surface area contributed by atoms with Gasteiger partial charge in [0.05, 0.1) is 21.8 Å². The number of allylic oxidation sites excluding steroid dienone is 1. The first kappa shape index (κ1) is 13.8. The van der Waals surface area contributed by atoms with Gasteiger partial charge in [-0.1, -0.05) is 12.1 Å². The molecule has 3 aliphatic rings. The molecule has 1 amide bonds. The van der Waals surface area contributed by atoms with Crippen LogP contribution in [-0.4, -0.2) is 16.2 Å². The largest absolute Gasteiger partial charge is 0.336 e. The second kappa shape index (κ2) is 5.10. The number of carbonyl (C=O) groups is 1. The first-order valence-electron chi connectivity index (χ1n) is 7.33. The van der Waals surface area contributed by atoms with E-state index in [1.807, 2.05) is 0 Å². The smallest absolute Gasteiger partial charge is 0.276 e. The van der Waals surface area contributed by atoms with Crippen LogP contribution in [0.2, 0.25) is 0 Å². The Morgan fingerprint density at radius 3 is 2.91 bits per heavy atom. The zero-order valence-electron chi connectivity index (χ0n) is 11.7. The molecule has 3 unspecified atom stereocenters. The Kier molecular flexibility index (Phi) is 3.19. The highest BCUT2D eigenvalue weighted by molar-refractivity contribution is 8.04. The van der Waals surface area contributed by atoms with E-state index in [4.69, 9.17) is 0 Å². The summed E-state index contributed by atoms with van der Waals surface area (Å²) in [5.74, 6) is -0.146. The second-order valence-corrected chi connectivity index (χ2v) is 6.98. The molecule has 114 valence electrons. The maximum absolute atomic E-state index is 12.5. The van der Waals surface area contributed by atoms with Gasteiger partial charge in [0.1, 0.15) is 6.17 Å². The third kappa shape index (κ3) is 2.04. The van der Waals surface area contributed by atoms with Crippen LogP contribution >= 0.6 is 11.8 Å². The lowest BCUT2D eigenvalue weighted by Gasteiger charge is -2.34. The number of para-hydroxylation sites is 1. The molecule has 0 aromatic heterocycles. The Morgan fingerprint density at radius 1 is 1.27 bits per heavy atom. The van der Waals surface area contributed by atoms with E-state index in [0.29, 0.717) is 5.56 Å². The number of nitro benzene ring substituents is 1. The summed E-state index contributed by atoms with van der Waals surface area (Å²) in [4.78, 5) is 24.6. The highest BCUT2D eigenvalue weighted by Crippen LogP contribution is 2.51. The van der Waals surface area contributed by atoms with Crippen molar-refractivity contribution < 1.29 is 9.72 Å². The monoisotopic (exact) mass is 317 g/mol. The Labute approximate surface area is 131 Å². The van der Waals surface area contributed by atoms with E-state index in [0.717, 1.165) is 19.3 Å². The van der Waals surface area contributed by atoms with E-state index >= 15 is 0 Å². The Hall–Kier alpha value is -1.86. The molecule has 4 rings (SSSR count). The molecule has 1 aromatic carbocycles.